The van der Waals surface area contributed by atoms with E-state index in [4.69, 9.17) is 4.74 Å². The zero-order valence-electron chi connectivity index (χ0n) is 15.4. The molecule has 142 valence electrons. The number of rotatable bonds is 3. The van der Waals surface area contributed by atoms with Crippen molar-refractivity contribution in [1.29, 1.82) is 0 Å². The number of carbonyl (C=O) groups excluding carboxylic acids is 2. The van der Waals surface area contributed by atoms with E-state index in [0.717, 1.165) is 17.7 Å². The molecule has 0 saturated carbocycles. The lowest BCUT2D eigenvalue weighted by Gasteiger charge is -2.30. The number of hydrogen-bond acceptors (Lipinski definition) is 5. The molecule has 7 nitrogen and oxygen atoms in total. The smallest absolute Gasteiger partial charge is 0.338 e. The fraction of sp³-hybridized carbons (Fsp3) is 0.238. The summed E-state index contributed by atoms with van der Waals surface area (Å²) in [7, 11) is 1.35. The number of anilines is 1. The van der Waals surface area contributed by atoms with Gasteiger partial charge in [0.05, 0.1) is 24.4 Å². The Hall–Kier alpha value is -3.48. The highest BCUT2D eigenvalue weighted by Crippen LogP contribution is 2.30. The summed E-state index contributed by atoms with van der Waals surface area (Å²) in [6, 6.07) is 12.4. The number of carbonyl (C=O) groups is 2. The van der Waals surface area contributed by atoms with Crippen LogP contribution in [0.15, 0.2) is 53.5 Å². The number of hydrogen-bond donors (Lipinski definition) is 0. The molecule has 0 N–H and O–H groups in total. The summed E-state index contributed by atoms with van der Waals surface area (Å²) >= 11 is 0. The second-order valence-corrected chi connectivity index (χ2v) is 6.63. The first-order valence-electron chi connectivity index (χ1n) is 9.05. The van der Waals surface area contributed by atoms with Crippen LogP contribution in [0.5, 0.6) is 0 Å². The second-order valence-electron chi connectivity index (χ2n) is 6.63. The molecule has 0 fully saturated rings. The van der Waals surface area contributed by atoms with Crippen molar-refractivity contribution >= 4 is 28.5 Å². The number of amides is 1. The van der Waals surface area contributed by atoms with E-state index in [1.54, 1.807) is 35.2 Å². The van der Waals surface area contributed by atoms with Gasteiger partial charge in [0.25, 0.3) is 0 Å². The minimum absolute atomic E-state index is 0.00266. The highest BCUT2D eigenvalue weighted by Gasteiger charge is 2.26. The van der Waals surface area contributed by atoms with Crippen LogP contribution in [0, 0.1) is 0 Å². The Morgan fingerprint density at radius 1 is 1.14 bits per heavy atom. The fourth-order valence-electron chi connectivity index (χ4n) is 3.69. The summed E-state index contributed by atoms with van der Waals surface area (Å²) in [5.74, 6) is -0.552. The van der Waals surface area contributed by atoms with Gasteiger partial charge in [0, 0.05) is 17.6 Å². The van der Waals surface area contributed by atoms with E-state index >= 15 is 0 Å². The van der Waals surface area contributed by atoms with Crippen LogP contribution >= 0.6 is 0 Å². The van der Waals surface area contributed by atoms with Crippen molar-refractivity contribution in [2.24, 2.45) is 0 Å². The molecular weight excluding hydrogens is 358 g/mol. The number of esters is 1. The third-order valence-electron chi connectivity index (χ3n) is 5.00. The van der Waals surface area contributed by atoms with Crippen LogP contribution in [0.2, 0.25) is 0 Å². The van der Waals surface area contributed by atoms with E-state index in [1.165, 1.54) is 18.0 Å². The number of nitrogens with zero attached hydrogens (tertiary/aromatic N) is 3. The van der Waals surface area contributed by atoms with Crippen LogP contribution in [0.25, 0.3) is 10.9 Å². The summed E-state index contributed by atoms with van der Waals surface area (Å²) in [4.78, 5) is 38.8. The standard InChI is InChI=1S/C21H19N3O4/c1-28-21(27)15-7-4-10-17-14(15)8-5-11-23(17)20(26)13-24-18-9-3-2-6-16(18)19(25)12-22-24/h2-4,6-7,9-10,12H,5,8,11,13H2,1H3. The molecule has 1 aliphatic heterocycles. The zero-order valence-corrected chi connectivity index (χ0v) is 15.4. The maximum atomic E-state index is 13.1. The monoisotopic (exact) mass is 377 g/mol. The molecule has 0 unspecified atom stereocenters. The molecule has 0 bridgehead atoms. The van der Waals surface area contributed by atoms with Gasteiger partial charge in [0.1, 0.15) is 6.54 Å². The predicted octanol–water partition coefficient (Wildman–Crippen LogP) is 2.16. The average molecular weight is 377 g/mol. The van der Waals surface area contributed by atoms with Crippen LogP contribution in [-0.2, 0) is 22.5 Å². The van der Waals surface area contributed by atoms with Crippen LogP contribution in [0.3, 0.4) is 0 Å². The maximum absolute atomic E-state index is 13.1. The highest BCUT2D eigenvalue weighted by atomic mass is 16.5. The predicted molar refractivity (Wildman–Crippen MR) is 104 cm³/mol. The van der Waals surface area contributed by atoms with Gasteiger partial charge in [0.2, 0.25) is 11.3 Å². The molecule has 0 spiro atoms. The lowest BCUT2D eigenvalue weighted by atomic mass is 9.96. The quantitative estimate of drug-likeness (QED) is 0.654. The molecule has 0 radical (unpaired) electrons. The summed E-state index contributed by atoms with van der Waals surface area (Å²) in [5, 5.41) is 4.66. The van der Waals surface area contributed by atoms with Gasteiger partial charge in [0.15, 0.2) is 0 Å². The van der Waals surface area contributed by atoms with E-state index in [1.807, 2.05) is 12.1 Å². The van der Waals surface area contributed by atoms with Crippen molar-refractivity contribution in [1.82, 2.24) is 9.78 Å². The maximum Gasteiger partial charge on any atom is 0.338 e. The van der Waals surface area contributed by atoms with Crippen molar-refractivity contribution in [2.45, 2.75) is 19.4 Å². The molecule has 0 saturated heterocycles. The second kappa shape index (κ2) is 7.26. The molecule has 1 amide bonds. The molecule has 2 heterocycles. The molecular formula is C21H19N3O4. The Bertz CT molecular complexity index is 1140. The first kappa shape index (κ1) is 17.9. The molecule has 28 heavy (non-hydrogen) atoms. The minimum atomic E-state index is -0.404. The summed E-state index contributed by atoms with van der Waals surface area (Å²) in [6.07, 6.45) is 2.70. The van der Waals surface area contributed by atoms with Crippen LogP contribution in [-0.4, -0.2) is 35.3 Å². The Morgan fingerprint density at radius 2 is 1.96 bits per heavy atom. The molecule has 0 aliphatic carbocycles. The summed E-state index contributed by atoms with van der Waals surface area (Å²) in [5.41, 5.74) is 2.48. The van der Waals surface area contributed by atoms with Gasteiger partial charge in [-0.3, -0.25) is 14.3 Å². The first-order chi connectivity index (χ1) is 13.6. The van der Waals surface area contributed by atoms with Gasteiger partial charge in [-0.15, -0.1) is 0 Å². The van der Waals surface area contributed by atoms with Crippen molar-refractivity contribution in [3.05, 3.63) is 70.0 Å². The number of para-hydroxylation sites is 1. The number of fused-ring (bicyclic) bond motifs is 2. The third kappa shape index (κ3) is 3.05. The Morgan fingerprint density at radius 3 is 2.79 bits per heavy atom. The van der Waals surface area contributed by atoms with Gasteiger partial charge in [-0.05, 0) is 42.7 Å². The molecule has 2 aromatic carbocycles. The summed E-state index contributed by atoms with van der Waals surface area (Å²) in [6.45, 7) is 0.567. The Balaban J connectivity index is 1.69. The van der Waals surface area contributed by atoms with Crippen molar-refractivity contribution < 1.29 is 14.3 Å². The molecule has 1 aromatic heterocycles. The van der Waals surface area contributed by atoms with Crippen LogP contribution < -0.4 is 10.3 Å². The largest absolute Gasteiger partial charge is 0.465 e. The van der Waals surface area contributed by atoms with Gasteiger partial charge in [-0.25, -0.2) is 4.79 Å². The van der Waals surface area contributed by atoms with Gasteiger partial charge in [-0.2, -0.15) is 5.10 Å². The molecule has 1 aliphatic rings. The van der Waals surface area contributed by atoms with E-state index < -0.39 is 5.97 Å². The van der Waals surface area contributed by atoms with Gasteiger partial charge in [-0.1, -0.05) is 18.2 Å². The van der Waals surface area contributed by atoms with E-state index in [2.05, 4.69) is 5.10 Å². The third-order valence-corrected chi connectivity index (χ3v) is 5.00. The van der Waals surface area contributed by atoms with Gasteiger partial charge < -0.3 is 9.64 Å². The van der Waals surface area contributed by atoms with Crippen molar-refractivity contribution in [3.8, 4) is 0 Å². The van der Waals surface area contributed by atoms with Crippen LogP contribution in [0.4, 0.5) is 5.69 Å². The molecule has 0 atom stereocenters. The fourth-order valence-corrected chi connectivity index (χ4v) is 3.69. The molecule has 7 heteroatoms. The van der Waals surface area contributed by atoms with Crippen molar-refractivity contribution in [3.63, 3.8) is 0 Å². The summed E-state index contributed by atoms with van der Waals surface area (Å²) < 4.78 is 6.41. The molecule has 3 aromatic rings. The minimum Gasteiger partial charge on any atom is -0.465 e. The van der Waals surface area contributed by atoms with Crippen molar-refractivity contribution in [2.75, 3.05) is 18.6 Å². The number of ether oxygens (including phenoxy) is 1. The normalized spacial score (nSPS) is 13.2. The molecule has 4 rings (SSSR count). The van der Waals surface area contributed by atoms with E-state index in [9.17, 15) is 14.4 Å². The average Bonchev–Trinajstić information content (AvgIpc) is 2.74. The lowest BCUT2D eigenvalue weighted by Crippen LogP contribution is -2.38. The van der Waals surface area contributed by atoms with Crippen LogP contribution in [0.1, 0.15) is 22.3 Å². The number of benzene rings is 2. The van der Waals surface area contributed by atoms with E-state index in [0.29, 0.717) is 29.4 Å². The topological polar surface area (TPSA) is 81.5 Å². The lowest BCUT2D eigenvalue weighted by molar-refractivity contribution is -0.119. The highest BCUT2D eigenvalue weighted by molar-refractivity contribution is 5.99. The zero-order chi connectivity index (χ0) is 19.7. The first-order valence-corrected chi connectivity index (χ1v) is 9.05. The number of aromatic nitrogens is 2. The van der Waals surface area contributed by atoms with E-state index in [-0.39, 0.29) is 17.9 Å². The Kier molecular flexibility index (Phi) is 4.65. The SMILES string of the molecule is COC(=O)c1cccc2c1CCCN2C(=O)Cn1ncc(=O)c2ccccc21. The Labute approximate surface area is 161 Å². The number of methoxy groups -OCH3 is 1. The van der Waals surface area contributed by atoms with Gasteiger partial charge >= 0.3 is 5.97 Å².